The predicted octanol–water partition coefficient (Wildman–Crippen LogP) is 5.31. The van der Waals surface area contributed by atoms with Gasteiger partial charge in [-0.15, -0.1) is 12.4 Å². The lowest BCUT2D eigenvalue weighted by atomic mass is 10.2. The van der Waals surface area contributed by atoms with Crippen LogP contribution in [-0.4, -0.2) is 50.9 Å². The minimum atomic E-state index is 0. The molecule has 1 aliphatic rings. The van der Waals surface area contributed by atoms with Gasteiger partial charge in [0.25, 0.3) is 0 Å². The fourth-order valence-corrected chi connectivity index (χ4v) is 4.17. The van der Waals surface area contributed by atoms with E-state index >= 15 is 0 Å². The van der Waals surface area contributed by atoms with Crippen LogP contribution in [0.25, 0.3) is 0 Å². The van der Waals surface area contributed by atoms with Crippen LogP contribution in [0.1, 0.15) is 24.5 Å². The third-order valence-electron chi connectivity index (χ3n) is 4.96. The number of hydrogen-bond acceptors (Lipinski definition) is 5. The van der Waals surface area contributed by atoms with E-state index in [2.05, 4.69) is 32.2 Å². The van der Waals surface area contributed by atoms with Gasteiger partial charge in [-0.25, -0.2) is 0 Å². The number of hydrogen-bond donors (Lipinski definition) is 1. The first-order chi connectivity index (χ1) is 14.7. The van der Waals surface area contributed by atoms with Crippen molar-refractivity contribution in [2.45, 2.75) is 26.5 Å². The summed E-state index contributed by atoms with van der Waals surface area (Å²) in [6.07, 6.45) is 1.12. The van der Waals surface area contributed by atoms with Gasteiger partial charge in [-0.3, -0.25) is 4.90 Å². The van der Waals surface area contributed by atoms with E-state index in [-0.39, 0.29) is 12.4 Å². The SMILES string of the molecule is CCOc1cc(CNCCCN2CCOCC2)cc(Br)c1OCc1ccccc1Cl.Cl. The minimum absolute atomic E-state index is 0. The number of benzene rings is 2. The average molecular weight is 534 g/mol. The van der Waals surface area contributed by atoms with Crippen LogP contribution in [0, 0.1) is 0 Å². The molecule has 5 nitrogen and oxygen atoms in total. The summed E-state index contributed by atoms with van der Waals surface area (Å²) in [5.74, 6) is 1.44. The van der Waals surface area contributed by atoms with Crippen molar-refractivity contribution >= 4 is 39.9 Å². The molecule has 1 N–H and O–H groups in total. The Kier molecular flexibility index (Phi) is 12.0. The normalized spacial score (nSPS) is 14.2. The molecular weight excluding hydrogens is 503 g/mol. The van der Waals surface area contributed by atoms with Gasteiger partial charge in [0.2, 0.25) is 0 Å². The molecule has 2 aromatic carbocycles. The molecular formula is C23H31BrCl2N2O3. The summed E-state index contributed by atoms with van der Waals surface area (Å²) in [5, 5.41) is 4.23. The highest BCUT2D eigenvalue weighted by Gasteiger charge is 2.14. The van der Waals surface area contributed by atoms with Gasteiger partial charge in [0.1, 0.15) is 6.61 Å². The van der Waals surface area contributed by atoms with Gasteiger partial charge in [0.05, 0.1) is 24.3 Å². The zero-order valence-corrected chi connectivity index (χ0v) is 21.0. The average Bonchev–Trinajstić information content (AvgIpc) is 2.75. The fraction of sp³-hybridized carbons (Fsp3) is 0.478. The van der Waals surface area contributed by atoms with Crippen molar-refractivity contribution in [1.29, 1.82) is 0 Å². The lowest BCUT2D eigenvalue weighted by Crippen LogP contribution is -2.37. The summed E-state index contributed by atoms with van der Waals surface area (Å²) in [4.78, 5) is 2.46. The fourth-order valence-electron chi connectivity index (χ4n) is 3.38. The molecule has 1 heterocycles. The Labute approximate surface area is 204 Å². The summed E-state index contributed by atoms with van der Waals surface area (Å²) < 4.78 is 18.2. The Morgan fingerprint density at radius 1 is 1.16 bits per heavy atom. The molecule has 0 aromatic heterocycles. The van der Waals surface area contributed by atoms with E-state index in [0.717, 1.165) is 73.7 Å². The second kappa shape index (κ2) is 14.2. The van der Waals surface area contributed by atoms with Crippen molar-refractivity contribution in [3.05, 3.63) is 57.0 Å². The number of morpholine rings is 1. The number of nitrogens with zero attached hydrogens (tertiary/aromatic N) is 1. The van der Waals surface area contributed by atoms with Crippen molar-refractivity contribution in [2.75, 3.05) is 46.0 Å². The van der Waals surface area contributed by atoms with Crippen LogP contribution >= 0.6 is 39.9 Å². The predicted molar refractivity (Wildman–Crippen MR) is 132 cm³/mol. The second-order valence-electron chi connectivity index (χ2n) is 7.20. The Hall–Kier alpha value is -1.02. The first-order valence-electron chi connectivity index (χ1n) is 10.5. The van der Waals surface area contributed by atoms with Crippen LogP contribution in [0.3, 0.4) is 0 Å². The van der Waals surface area contributed by atoms with Gasteiger partial charge in [-0.1, -0.05) is 29.8 Å². The standard InChI is InChI=1S/C23H30BrClN2O3.ClH/c1-2-29-22-15-18(16-26-8-5-9-27-10-12-28-13-11-27)14-20(24)23(22)30-17-19-6-3-4-7-21(19)25;/h3-4,6-7,14-15,26H,2,5,8-13,16-17H2,1H3;1H. The van der Waals surface area contributed by atoms with Crippen LogP contribution in [0.5, 0.6) is 11.5 Å². The Morgan fingerprint density at radius 2 is 1.94 bits per heavy atom. The lowest BCUT2D eigenvalue weighted by molar-refractivity contribution is 0.0374. The maximum Gasteiger partial charge on any atom is 0.175 e. The van der Waals surface area contributed by atoms with Gasteiger partial charge in [-0.05, 0) is 66.1 Å². The van der Waals surface area contributed by atoms with Gasteiger partial charge in [-0.2, -0.15) is 0 Å². The molecule has 31 heavy (non-hydrogen) atoms. The van der Waals surface area contributed by atoms with E-state index in [9.17, 15) is 0 Å². The molecule has 3 rings (SSSR count). The van der Waals surface area contributed by atoms with Crippen molar-refractivity contribution < 1.29 is 14.2 Å². The Balaban J connectivity index is 0.00000341. The van der Waals surface area contributed by atoms with Gasteiger partial charge in [0, 0.05) is 30.2 Å². The van der Waals surface area contributed by atoms with E-state index < -0.39 is 0 Å². The molecule has 0 spiro atoms. The maximum atomic E-state index is 6.25. The van der Waals surface area contributed by atoms with E-state index in [1.165, 1.54) is 0 Å². The number of rotatable bonds is 11. The van der Waals surface area contributed by atoms with E-state index in [4.69, 9.17) is 25.8 Å². The quantitative estimate of drug-likeness (QED) is 0.396. The molecule has 0 atom stereocenters. The van der Waals surface area contributed by atoms with Crippen LogP contribution in [0.4, 0.5) is 0 Å². The number of halogens is 3. The molecule has 8 heteroatoms. The molecule has 0 aliphatic carbocycles. The maximum absolute atomic E-state index is 6.25. The van der Waals surface area contributed by atoms with Crippen molar-refractivity contribution in [3.63, 3.8) is 0 Å². The van der Waals surface area contributed by atoms with Crippen molar-refractivity contribution in [3.8, 4) is 11.5 Å². The lowest BCUT2D eigenvalue weighted by Gasteiger charge is -2.26. The smallest absolute Gasteiger partial charge is 0.175 e. The van der Waals surface area contributed by atoms with Gasteiger partial charge < -0.3 is 19.5 Å². The van der Waals surface area contributed by atoms with Crippen molar-refractivity contribution in [2.24, 2.45) is 0 Å². The number of nitrogens with one attached hydrogen (secondary N) is 1. The highest BCUT2D eigenvalue weighted by molar-refractivity contribution is 9.10. The number of ether oxygens (including phenoxy) is 3. The monoisotopic (exact) mass is 532 g/mol. The molecule has 172 valence electrons. The first-order valence-corrected chi connectivity index (χ1v) is 11.7. The van der Waals surface area contributed by atoms with E-state index in [1.807, 2.05) is 37.3 Å². The molecule has 2 aromatic rings. The molecule has 0 radical (unpaired) electrons. The van der Waals surface area contributed by atoms with Gasteiger partial charge in [0.15, 0.2) is 11.5 Å². The van der Waals surface area contributed by atoms with Crippen LogP contribution in [0.2, 0.25) is 5.02 Å². The Morgan fingerprint density at radius 3 is 2.68 bits per heavy atom. The molecule has 0 amide bonds. The topological polar surface area (TPSA) is 43.0 Å². The second-order valence-corrected chi connectivity index (χ2v) is 8.46. The van der Waals surface area contributed by atoms with E-state index in [1.54, 1.807) is 0 Å². The summed E-state index contributed by atoms with van der Waals surface area (Å²) >= 11 is 9.90. The van der Waals surface area contributed by atoms with Crippen LogP contribution in [-0.2, 0) is 17.9 Å². The summed E-state index contributed by atoms with van der Waals surface area (Å²) in [6, 6.07) is 11.8. The summed E-state index contributed by atoms with van der Waals surface area (Å²) in [6.45, 7) is 9.60. The zero-order valence-electron chi connectivity index (χ0n) is 17.9. The molecule has 0 saturated carbocycles. The third kappa shape index (κ3) is 8.44. The van der Waals surface area contributed by atoms with E-state index in [0.29, 0.717) is 24.0 Å². The highest BCUT2D eigenvalue weighted by atomic mass is 79.9. The minimum Gasteiger partial charge on any atom is -0.490 e. The zero-order chi connectivity index (χ0) is 21.2. The first kappa shape index (κ1) is 26.2. The van der Waals surface area contributed by atoms with Crippen LogP contribution in [0.15, 0.2) is 40.9 Å². The third-order valence-corrected chi connectivity index (χ3v) is 5.92. The summed E-state index contributed by atoms with van der Waals surface area (Å²) in [7, 11) is 0. The molecule has 0 bridgehead atoms. The highest BCUT2D eigenvalue weighted by Crippen LogP contribution is 2.37. The van der Waals surface area contributed by atoms with Gasteiger partial charge >= 0.3 is 0 Å². The molecule has 1 saturated heterocycles. The molecule has 1 fully saturated rings. The van der Waals surface area contributed by atoms with Crippen LogP contribution < -0.4 is 14.8 Å². The molecule has 1 aliphatic heterocycles. The largest absolute Gasteiger partial charge is 0.490 e. The van der Waals surface area contributed by atoms with Crippen molar-refractivity contribution in [1.82, 2.24) is 10.2 Å². The Bertz CT molecular complexity index is 804. The molecule has 0 unspecified atom stereocenters. The summed E-state index contributed by atoms with van der Waals surface area (Å²) in [5.41, 5.74) is 2.10.